The number of nitrogens with one attached hydrogen (secondary N) is 2. The molecule has 0 aliphatic carbocycles. The Morgan fingerprint density at radius 3 is 2.15 bits per heavy atom. The van der Waals surface area contributed by atoms with Gasteiger partial charge in [-0.25, -0.2) is 18.7 Å². The number of aliphatic carboxylic acids is 1. The van der Waals surface area contributed by atoms with Crippen LogP contribution in [0.1, 0.15) is 87.2 Å². The molecule has 2 heterocycles. The van der Waals surface area contributed by atoms with Crippen molar-refractivity contribution in [2.45, 2.75) is 79.1 Å². The Labute approximate surface area is 283 Å². The van der Waals surface area contributed by atoms with E-state index in [2.05, 4.69) is 28.0 Å². The molecule has 5 rings (SSSR count). The third-order valence-corrected chi connectivity index (χ3v) is 7.77. The van der Waals surface area contributed by atoms with Crippen LogP contribution in [0.15, 0.2) is 66.7 Å². The molecule has 48 heavy (non-hydrogen) atoms. The van der Waals surface area contributed by atoms with Crippen molar-refractivity contribution < 1.29 is 23.5 Å². The quantitative estimate of drug-likeness (QED) is 0.157. The van der Waals surface area contributed by atoms with Gasteiger partial charge in [0.2, 0.25) is 5.91 Å². The first-order valence-electron chi connectivity index (χ1n) is 16.1. The van der Waals surface area contributed by atoms with E-state index in [0.29, 0.717) is 42.3 Å². The minimum atomic E-state index is -1.01. The van der Waals surface area contributed by atoms with Crippen LogP contribution in [0.2, 0.25) is 0 Å². The fourth-order valence-corrected chi connectivity index (χ4v) is 5.26. The van der Waals surface area contributed by atoms with Crippen molar-refractivity contribution in [3.8, 4) is 12.3 Å². The van der Waals surface area contributed by atoms with Crippen LogP contribution in [0.4, 0.5) is 20.4 Å². The lowest BCUT2D eigenvalue weighted by molar-refractivity contribution is -0.137. The van der Waals surface area contributed by atoms with Crippen LogP contribution in [-0.4, -0.2) is 34.0 Å². The summed E-state index contributed by atoms with van der Waals surface area (Å²) in [6.45, 7) is 11.4. The van der Waals surface area contributed by atoms with Gasteiger partial charge in [-0.05, 0) is 79.1 Å². The second-order valence-electron chi connectivity index (χ2n) is 10.8. The molecule has 0 spiro atoms. The standard InChI is InChI=1S/C26H27FN4O3.C8H9F.C3H4.C2H6/c1-4-16-13-19(27)11-8-17(16)14-20-29-23(28-3)22-24(30-20)31-25(34)26(22,2)18-9-5-15(6-10-18)7-12-21(32)33;1-2-7-5-3-4-6-8(7)9;1-3-2;1-2/h5-6,8-11,13H,4,7,12,14H2,1-3H3,(H,32,33)(H2,28,29,30,31,34);3-6H,2H2,1H3;1H,2H3;1-2H3/t26-;;;/m0.../s1. The number of carbonyl (C=O) groups excluding carboxylic acids is 1. The number of carboxylic acid groups (broad SMARTS) is 1. The van der Waals surface area contributed by atoms with Crippen LogP contribution >= 0.6 is 0 Å². The molecule has 1 amide bonds. The zero-order valence-corrected chi connectivity index (χ0v) is 28.9. The highest BCUT2D eigenvalue weighted by atomic mass is 19.1. The maximum absolute atomic E-state index is 13.6. The number of halogens is 2. The van der Waals surface area contributed by atoms with Crippen LogP contribution in [-0.2, 0) is 40.7 Å². The number of aryl methyl sites for hydroxylation is 3. The fraction of sp³-hybridized carbons (Fsp3) is 0.333. The van der Waals surface area contributed by atoms with E-state index in [0.717, 1.165) is 34.2 Å². The van der Waals surface area contributed by atoms with Crippen molar-refractivity contribution in [3.63, 3.8) is 0 Å². The zero-order chi connectivity index (χ0) is 35.9. The van der Waals surface area contributed by atoms with Gasteiger partial charge in [0.25, 0.3) is 0 Å². The minimum Gasteiger partial charge on any atom is -0.481 e. The topological polar surface area (TPSA) is 104 Å². The number of rotatable bonds is 9. The van der Waals surface area contributed by atoms with Gasteiger partial charge >= 0.3 is 5.97 Å². The molecule has 0 unspecified atom stereocenters. The Morgan fingerprint density at radius 1 is 0.979 bits per heavy atom. The molecule has 254 valence electrons. The summed E-state index contributed by atoms with van der Waals surface area (Å²) in [6.07, 6.45) is 6.94. The van der Waals surface area contributed by atoms with Crippen molar-refractivity contribution in [1.29, 1.82) is 0 Å². The Morgan fingerprint density at radius 2 is 1.60 bits per heavy atom. The fourth-order valence-electron chi connectivity index (χ4n) is 5.26. The van der Waals surface area contributed by atoms with E-state index in [-0.39, 0.29) is 24.0 Å². The normalized spacial score (nSPS) is 14.0. The molecule has 7 nitrogen and oxygen atoms in total. The van der Waals surface area contributed by atoms with Crippen molar-refractivity contribution >= 4 is 23.5 Å². The Balaban J connectivity index is 0.000000480. The minimum absolute atomic E-state index is 0.0499. The molecule has 0 radical (unpaired) electrons. The van der Waals surface area contributed by atoms with E-state index in [1.165, 1.54) is 18.2 Å². The number of benzene rings is 3. The molecule has 1 aliphatic heterocycles. The van der Waals surface area contributed by atoms with E-state index in [1.807, 2.05) is 65.0 Å². The number of aromatic nitrogens is 2. The predicted molar refractivity (Wildman–Crippen MR) is 189 cm³/mol. The number of carbonyl (C=O) groups is 2. The number of amides is 1. The lowest BCUT2D eigenvalue weighted by Crippen LogP contribution is -2.33. The summed E-state index contributed by atoms with van der Waals surface area (Å²) in [5.41, 5.74) is 3.93. The Hall–Kier alpha value is -5.10. The van der Waals surface area contributed by atoms with Crippen molar-refractivity contribution in [2.75, 3.05) is 17.7 Å². The first-order chi connectivity index (χ1) is 23.0. The van der Waals surface area contributed by atoms with Gasteiger partial charge in [0, 0.05) is 19.9 Å². The van der Waals surface area contributed by atoms with Gasteiger partial charge in [-0.3, -0.25) is 9.59 Å². The molecular weight excluding hydrogens is 610 g/mol. The molecule has 0 bridgehead atoms. The molecule has 4 aromatic rings. The number of carboxylic acids is 1. The molecule has 1 aliphatic rings. The van der Waals surface area contributed by atoms with E-state index in [9.17, 15) is 18.4 Å². The molecule has 0 saturated heterocycles. The largest absolute Gasteiger partial charge is 0.481 e. The molecule has 9 heteroatoms. The molecule has 0 saturated carbocycles. The highest BCUT2D eigenvalue weighted by Crippen LogP contribution is 2.45. The summed E-state index contributed by atoms with van der Waals surface area (Å²) in [5.74, 6) is 2.35. The highest BCUT2D eigenvalue weighted by Gasteiger charge is 2.47. The molecule has 1 aromatic heterocycles. The number of hydrogen-bond donors (Lipinski definition) is 3. The van der Waals surface area contributed by atoms with Gasteiger partial charge in [0.15, 0.2) is 0 Å². The molecule has 3 N–H and O–H groups in total. The van der Waals surface area contributed by atoms with E-state index < -0.39 is 11.4 Å². The van der Waals surface area contributed by atoms with Crippen molar-refractivity contribution in [3.05, 3.63) is 118 Å². The second-order valence-corrected chi connectivity index (χ2v) is 10.8. The summed E-state index contributed by atoms with van der Waals surface area (Å²) >= 11 is 0. The van der Waals surface area contributed by atoms with Gasteiger partial charge in [0.05, 0.1) is 5.56 Å². The SMILES string of the molecule is C#CC.CC.CCc1cc(F)ccc1Cc1nc(NC)c2c(n1)NC(=O)[C@@]2(C)c1ccc(CCC(=O)O)cc1.CCc1ccccc1F. The molecule has 3 aromatic carbocycles. The summed E-state index contributed by atoms with van der Waals surface area (Å²) in [7, 11) is 1.75. The van der Waals surface area contributed by atoms with Gasteiger partial charge in [0.1, 0.15) is 34.5 Å². The van der Waals surface area contributed by atoms with E-state index in [4.69, 9.17) is 10.1 Å². The predicted octanol–water partition coefficient (Wildman–Crippen LogP) is 8.14. The first-order valence-corrected chi connectivity index (χ1v) is 16.1. The van der Waals surface area contributed by atoms with E-state index >= 15 is 0 Å². The average Bonchev–Trinajstić information content (AvgIpc) is 3.35. The highest BCUT2D eigenvalue weighted by molar-refractivity contribution is 6.09. The molecular formula is C39H46F2N4O3. The Kier molecular flexibility index (Phi) is 15.4. The van der Waals surface area contributed by atoms with Gasteiger partial charge in [-0.1, -0.05) is 76.2 Å². The third kappa shape index (κ3) is 9.71. The summed E-state index contributed by atoms with van der Waals surface area (Å²) < 4.78 is 26.2. The molecule has 0 fully saturated rings. The van der Waals surface area contributed by atoms with Crippen LogP contribution < -0.4 is 10.6 Å². The van der Waals surface area contributed by atoms with Crippen molar-refractivity contribution in [1.82, 2.24) is 9.97 Å². The van der Waals surface area contributed by atoms with Crippen LogP contribution in [0.3, 0.4) is 0 Å². The monoisotopic (exact) mass is 656 g/mol. The van der Waals surface area contributed by atoms with Gasteiger partial charge in [-0.2, -0.15) is 0 Å². The number of anilines is 2. The van der Waals surface area contributed by atoms with Crippen LogP contribution in [0.5, 0.6) is 0 Å². The van der Waals surface area contributed by atoms with Crippen molar-refractivity contribution in [2.24, 2.45) is 0 Å². The maximum atomic E-state index is 13.6. The molecule has 1 atom stereocenters. The van der Waals surface area contributed by atoms with Gasteiger partial charge < -0.3 is 15.7 Å². The summed E-state index contributed by atoms with van der Waals surface area (Å²) in [6, 6.07) is 19.0. The first kappa shape index (κ1) is 39.1. The van der Waals surface area contributed by atoms with Crippen LogP contribution in [0.25, 0.3) is 0 Å². The average molecular weight is 657 g/mol. The summed E-state index contributed by atoms with van der Waals surface area (Å²) in [5, 5.41) is 14.9. The second kappa shape index (κ2) is 18.9. The lowest BCUT2D eigenvalue weighted by atomic mass is 9.77. The smallest absolute Gasteiger partial charge is 0.303 e. The van der Waals surface area contributed by atoms with E-state index in [1.54, 1.807) is 32.2 Å². The number of nitrogens with zero attached hydrogens (tertiary/aromatic N) is 2. The maximum Gasteiger partial charge on any atom is 0.303 e. The number of hydrogen-bond acceptors (Lipinski definition) is 5. The summed E-state index contributed by atoms with van der Waals surface area (Å²) in [4.78, 5) is 33.4. The van der Waals surface area contributed by atoms with Crippen LogP contribution in [0, 0.1) is 24.0 Å². The Bertz CT molecular complexity index is 1720. The third-order valence-electron chi connectivity index (χ3n) is 7.77. The van der Waals surface area contributed by atoms with Gasteiger partial charge in [-0.15, -0.1) is 12.3 Å². The number of fused-ring (bicyclic) bond motifs is 1. The number of terminal acetylenes is 1. The zero-order valence-electron chi connectivity index (χ0n) is 28.9. The lowest BCUT2D eigenvalue weighted by Gasteiger charge is -2.24.